The Morgan fingerprint density at radius 1 is 1.69 bits per heavy atom. The van der Waals surface area contributed by atoms with Crippen molar-refractivity contribution in [3.05, 3.63) is 18.2 Å². The number of carbonyl (C=O) groups is 1. The highest BCUT2D eigenvalue weighted by Crippen LogP contribution is 1.90. The summed E-state index contributed by atoms with van der Waals surface area (Å²) in [5.41, 5.74) is 1.01. The van der Waals surface area contributed by atoms with Gasteiger partial charge in [0.25, 0.3) is 0 Å². The molecule has 0 aromatic carbocycles. The number of nitrogens with zero attached hydrogens (tertiary/aromatic N) is 1. The molecule has 0 spiro atoms. The number of hydrogen-bond donors (Lipinski definition) is 3. The molecule has 6 nitrogen and oxygen atoms in total. The van der Waals surface area contributed by atoms with Crippen molar-refractivity contribution in [3.8, 4) is 0 Å². The molecule has 1 rings (SSSR count). The number of H-pyrrole nitrogens is 1. The summed E-state index contributed by atoms with van der Waals surface area (Å²) >= 11 is 4.89. The Balaban J connectivity index is 2.13. The van der Waals surface area contributed by atoms with Gasteiger partial charge < -0.3 is 15.0 Å². The summed E-state index contributed by atoms with van der Waals surface area (Å²) in [5.74, 6) is 0. The van der Waals surface area contributed by atoms with Crippen molar-refractivity contribution in [2.75, 3.05) is 13.2 Å². The average molecular weight is 242 g/mol. The second-order valence-corrected chi connectivity index (χ2v) is 3.34. The number of ether oxygens (including phenoxy) is 1. The lowest BCUT2D eigenvalue weighted by molar-refractivity contribution is 0.157. The van der Waals surface area contributed by atoms with E-state index in [1.807, 2.05) is 0 Å². The molecule has 0 radical (unpaired) electrons. The number of carbonyl (C=O) groups excluding carboxylic acids is 1. The quantitative estimate of drug-likeness (QED) is 0.673. The van der Waals surface area contributed by atoms with Crippen molar-refractivity contribution in [1.29, 1.82) is 0 Å². The SMILES string of the molecule is CCOC(=O)NC(=S)NCCc1cnc[nH]1. The number of aromatic nitrogens is 2. The van der Waals surface area contributed by atoms with Crippen LogP contribution in [-0.4, -0.2) is 34.3 Å². The third kappa shape index (κ3) is 4.74. The van der Waals surface area contributed by atoms with Crippen LogP contribution in [0.3, 0.4) is 0 Å². The monoisotopic (exact) mass is 242 g/mol. The Morgan fingerprint density at radius 3 is 3.12 bits per heavy atom. The van der Waals surface area contributed by atoms with E-state index in [9.17, 15) is 4.79 Å². The lowest BCUT2D eigenvalue weighted by Crippen LogP contribution is -2.40. The first-order valence-electron chi connectivity index (χ1n) is 4.91. The fraction of sp³-hybridized carbons (Fsp3) is 0.444. The van der Waals surface area contributed by atoms with E-state index < -0.39 is 6.09 Å². The van der Waals surface area contributed by atoms with Crippen LogP contribution in [0.5, 0.6) is 0 Å². The van der Waals surface area contributed by atoms with Gasteiger partial charge in [0.15, 0.2) is 5.11 Å². The highest BCUT2D eigenvalue weighted by Gasteiger charge is 2.03. The zero-order valence-corrected chi connectivity index (χ0v) is 9.76. The number of thiocarbonyl (C=S) groups is 1. The zero-order chi connectivity index (χ0) is 11.8. The van der Waals surface area contributed by atoms with Crippen LogP contribution in [0.1, 0.15) is 12.6 Å². The maximum atomic E-state index is 11.0. The van der Waals surface area contributed by atoms with Gasteiger partial charge in [-0.25, -0.2) is 9.78 Å². The number of rotatable bonds is 4. The Bertz CT molecular complexity index is 339. The molecule has 0 aliphatic carbocycles. The van der Waals surface area contributed by atoms with Gasteiger partial charge in [0.05, 0.1) is 12.9 Å². The molecule has 16 heavy (non-hydrogen) atoms. The van der Waals surface area contributed by atoms with Crippen molar-refractivity contribution in [2.24, 2.45) is 0 Å². The number of hydrogen-bond acceptors (Lipinski definition) is 4. The Hall–Kier alpha value is -1.63. The summed E-state index contributed by atoms with van der Waals surface area (Å²) in [5, 5.41) is 5.54. The van der Waals surface area contributed by atoms with Gasteiger partial charge in [0.1, 0.15) is 0 Å². The van der Waals surface area contributed by atoms with Crippen molar-refractivity contribution < 1.29 is 9.53 Å². The number of imidazole rings is 1. The van der Waals surface area contributed by atoms with E-state index in [0.717, 1.165) is 12.1 Å². The second-order valence-electron chi connectivity index (χ2n) is 2.93. The minimum absolute atomic E-state index is 0.262. The van der Waals surface area contributed by atoms with Crippen molar-refractivity contribution >= 4 is 23.4 Å². The number of amides is 1. The largest absolute Gasteiger partial charge is 0.450 e. The van der Waals surface area contributed by atoms with Gasteiger partial charge in [0, 0.05) is 24.9 Å². The van der Waals surface area contributed by atoms with Crippen LogP contribution in [0.25, 0.3) is 0 Å². The maximum absolute atomic E-state index is 11.0. The van der Waals surface area contributed by atoms with E-state index in [-0.39, 0.29) is 5.11 Å². The number of nitrogens with one attached hydrogen (secondary N) is 3. The van der Waals surface area contributed by atoms with Gasteiger partial charge in [-0.1, -0.05) is 0 Å². The predicted molar refractivity (Wildman–Crippen MR) is 63.1 cm³/mol. The molecule has 0 atom stereocenters. The molecule has 0 fully saturated rings. The lowest BCUT2D eigenvalue weighted by atomic mass is 10.3. The molecule has 3 N–H and O–H groups in total. The number of aromatic amines is 1. The third-order valence-electron chi connectivity index (χ3n) is 1.73. The van der Waals surface area contributed by atoms with Crippen LogP contribution in [0.15, 0.2) is 12.5 Å². The smallest absolute Gasteiger partial charge is 0.413 e. The molecule has 0 aliphatic heterocycles. The van der Waals surface area contributed by atoms with E-state index in [4.69, 9.17) is 12.2 Å². The van der Waals surface area contributed by atoms with Gasteiger partial charge in [-0.3, -0.25) is 5.32 Å². The molecule has 0 bridgehead atoms. The lowest BCUT2D eigenvalue weighted by Gasteiger charge is -2.08. The van der Waals surface area contributed by atoms with E-state index in [1.54, 1.807) is 19.4 Å². The summed E-state index contributed by atoms with van der Waals surface area (Å²) in [7, 11) is 0. The topological polar surface area (TPSA) is 79.0 Å². The van der Waals surface area contributed by atoms with Gasteiger partial charge in [-0.2, -0.15) is 0 Å². The first kappa shape index (κ1) is 12.4. The van der Waals surface area contributed by atoms with Crippen LogP contribution < -0.4 is 10.6 Å². The van der Waals surface area contributed by atoms with Gasteiger partial charge >= 0.3 is 6.09 Å². The molecule has 0 aliphatic rings. The third-order valence-corrected chi connectivity index (χ3v) is 1.97. The Kier molecular flexibility index (Phi) is 5.27. The van der Waals surface area contributed by atoms with Gasteiger partial charge in [-0.05, 0) is 19.1 Å². The normalized spacial score (nSPS) is 9.56. The van der Waals surface area contributed by atoms with E-state index in [2.05, 4.69) is 25.3 Å². The molecular formula is C9H14N4O2S. The summed E-state index contributed by atoms with van der Waals surface area (Å²) < 4.78 is 4.67. The van der Waals surface area contributed by atoms with E-state index in [0.29, 0.717) is 13.2 Å². The Morgan fingerprint density at radius 2 is 2.50 bits per heavy atom. The highest BCUT2D eigenvalue weighted by atomic mass is 32.1. The van der Waals surface area contributed by atoms with E-state index >= 15 is 0 Å². The fourth-order valence-corrected chi connectivity index (χ4v) is 1.22. The first-order chi connectivity index (χ1) is 7.72. The summed E-state index contributed by atoms with van der Waals surface area (Å²) in [6.07, 6.45) is 3.57. The summed E-state index contributed by atoms with van der Waals surface area (Å²) in [4.78, 5) is 17.8. The molecule has 0 saturated heterocycles. The minimum atomic E-state index is -0.540. The minimum Gasteiger partial charge on any atom is -0.450 e. The first-order valence-corrected chi connectivity index (χ1v) is 5.32. The zero-order valence-electron chi connectivity index (χ0n) is 8.95. The summed E-state index contributed by atoms with van der Waals surface area (Å²) in [6, 6.07) is 0. The number of alkyl carbamates (subject to hydrolysis) is 1. The van der Waals surface area contributed by atoms with Crippen LogP contribution in [0, 0.1) is 0 Å². The van der Waals surface area contributed by atoms with Crippen molar-refractivity contribution in [1.82, 2.24) is 20.6 Å². The predicted octanol–water partition coefficient (Wildman–Crippen LogP) is 0.573. The molecule has 7 heteroatoms. The van der Waals surface area contributed by atoms with Gasteiger partial charge in [-0.15, -0.1) is 0 Å². The van der Waals surface area contributed by atoms with Crippen LogP contribution in [0.4, 0.5) is 4.79 Å². The van der Waals surface area contributed by atoms with E-state index in [1.165, 1.54) is 0 Å². The van der Waals surface area contributed by atoms with Crippen LogP contribution in [0.2, 0.25) is 0 Å². The maximum Gasteiger partial charge on any atom is 0.413 e. The summed E-state index contributed by atoms with van der Waals surface area (Å²) in [6.45, 7) is 2.67. The molecule has 1 aromatic rings. The molecule has 88 valence electrons. The fourth-order valence-electron chi connectivity index (χ4n) is 1.04. The molecule has 0 unspecified atom stereocenters. The second kappa shape index (κ2) is 6.78. The van der Waals surface area contributed by atoms with Crippen LogP contribution >= 0.6 is 12.2 Å². The van der Waals surface area contributed by atoms with Crippen molar-refractivity contribution in [2.45, 2.75) is 13.3 Å². The van der Waals surface area contributed by atoms with Crippen LogP contribution in [-0.2, 0) is 11.2 Å². The van der Waals surface area contributed by atoms with Gasteiger partial charge in [0.2, 0.25) is 0 Å². The van der Waals surface area contributed by atoms with Crippen molar-refractivity contribution in [3.63, 3.8) is 0 Å². The molecule has 1 amide bonds. The average Bonchev–Trinajstić information content (AvgIpc) is 2.70. The standard InChI is InChI=1S/C9H14N4O2S/c1-2-15-9(14)13-8(16)11-4-3-7-5-10-6-12-7/h5-6H,2-4H2,1H3,(H,10,12)(H2,11,13,14,16). The highest BCUT2D eigenvalue weighted by molar-refractivity contribution is 7.80. The molecular weight excluding hydrogens is 228 g/mol. The Labute approximate surface area is 98.8 Å². The molecule has 0 saturated carbocycles. The molecule has 1 heterocycles. The molecule has 1 aromatic heterocycles.